The molecule has 0 unspecified atom stereocenters. The highest BCUT2D eigenvalue weighted by atomic mass is 32.2. The molecule has 0 aliphatic carbocycles. The van der Waals surface area contributed by atoms with Gasteiger partial charge < -0.3 is 19.1 Å². The summed E-state index contributed by atoms with van der Waals surface area (Å²) < 4.78 is 13.3. The molecule has 4 rings (SSSR count). The van der Waals surface area contributed by atoms with Gasteiger partial charge in [0.2, 0.25) is 5.89 Å². The van der Waals surface area contributed by atoms with Crippen LogP contribution in [0.15, 0.2) is 9.68 Å². The lowest BCUT2D eigenvalue weighted by Gasteiger charge is -2.23. The van der Waals surface area contributed by atoms with E-state index in [1.807, 2.05) is 6.92 Å². The van der Waals surface area contributed by atoms with Crippen LogP contribution in [0.4, 0.5) is 0 Å². The van der Waals surface area contributed by atoms with Gasteiger partial charge in [0, 0.05) is 12.5 Å². The lowest BCUT2D eigenvalue weighted by atomic mass is 9.97. The Morgan fingerprint density at radius 2 is 2.12 bits per heavy atom. The molecule has 2 saturated heterocycles. The molecule has 0 saturated carbocycles. The maximum atomic E-state index is 5.85. The Morgan fingerprint density at radius 1 is 1.24 bits per heavy atom. The molecule has 0 bridgehead atoms. The van der Waals surface area contributed by atoms with Crippen molar-refractivity contribution in [1.82, 2.24) is 30.2 Å². The average molecular weight is 364 g/mol. The van der Waals surface area contributed by atoms with E-state index >= 15 is 0 Å². The number of nitrogens with one attached hydrogen (secondary N) is 1. The maximum absolute atomic E-state index is 5.85. The number of piperidine rings is 1. The molecule has 136 valence electrons. The largest absolute Gasteiger partial charge is 0.376 e. The Bertz CT molecular complexity index is 691. The van der Waals surface area contributed by atoms with Crippen LogP contribution in [0.5, 0.6) is 0 Å². The standard InChI is InChI=1S/C16H24N6O2S/c1-11-18-14(24-21-11)10-25-16-20-19-15(12-4-6-17-7-5-12)22(16)9-13-3-2-8-23-13/h12-13,17H,2-10H2,1H3/t13-/m1/s1. The third-order valence-corrected chi connectivity index (χ3v) is 5.71. The second-order valence-corrected chi connectivity index (χ2v) is 7.58. The fourth-order valence-electron chi connectivity index (χ4n) is 3.48. The van der Waals surface area contributed by atoms with E-state index in [9.17, 15) is 0 Å². The number of hydrogen-bond donors (Lipinski definition) is 1. The van der Waals surface area contributed by atoms with Crippen LogP contribution in [0.25, 0.3) is 0 Å². The average Bonchev–Trinajstić information content (AvgIpc) is 3.36. The Kier molecular flexibility index (Phi) is 5.33. The van der Waals surface area contributed by atoms with Crippen molar-refractivity contribution in [2.24, 2.45) is 0 Å². The number of nitrogens with zero attached hydrogens (tertiary/aromatic N) is 5. The third-order valence-electron chi connectivity index (χ3n) is 4.75. The van der Waals surface area contributed by atoms with E-state index < -0.39 is 0 Å². The quantitative estimate of drug-likeness (QED) is 0.777. The molecule has 8 nitrogen and oxygen atoms in total. The van der Waals surface area contributed by atoms with Crippen molar-refractivity contribution in [3.63, 3.8) is 0 Å². The lowest BCUT2D eigenvalue weighted by molar-refractivity contribution is 0.0936. The van der Waals surface area contributed by atoms with Crippen LogP contribution in [0.3, 0.4) is 0 Å². The summed E-state index contributed by atoms with van der Waals surface area (Å²) in [5.41, 5.74) is 0. The van der Waals surface area contributed by atoms with E-state index in [0.717, 1.165) is 62.9 Å². The van der Waals surface area contributed by atoms with Crippen molar-refractivity contribution in [2.45, 2.75) is 62.1 Å². The molecule has 1 atom stereocenters. The van der Waals surface area contributed by atoms with Crippen molar-refractivity contribution in [2.75, 3.05) is 19.7 Å². The Balaban J connectivity index is 1.52. The van der Waals surface area contributed by atoms with Crippen LogP contribution >= 0.6 is 11.8 Å². The van der Waals surface area contributed by atoms with Crippen LogP contribution in [0, 0.1) is 6.92 Å². The molecular formula is C16H24N6O2S. The van der Waals surface area contributed by atoms with Crippen LogP contribution < -0.4 is 5.32 Å². The number of thioether (sulfide) groups is 1. The molecular weight excluding hydrogens is 340 g/mol. The molecule has 2 aromatic heterocycles. The van der Waals surface area contributed by atoms with Gasteiger partial charge in [-0.3, -0.25) is 0 Å². The molecule has 25 heavy (non-hydrogen) atoms. The number of ether oxygens (including phenoxy) is 1. The van der Waals surface area contributed by atoms with Gasteiger partial charge in [0.25, 0.3) is 0 Å². The second-order valence-electron chi connectivity index (χ2n) is 6.63. The van der Waals surface area contributed by atoms with Gasteiger partial charge >= 0.3 is 0 Å². The number of aryl methyl sites for hydroxylation is 1. The summed E-state index contributed by atoms with van der Waals surface area (Å²) in [6, 6.07) is 0. The van der Waals surface area contributed by atoms with Gasteiger partial charge in [-0.2, -0.15) is 4.98 Å². The minimum Gasteiger partial charge on any atom is -0.376 e. The summed E-state index contributed by atoms with van der Waals surface area (Å²) >= 11 is 1.60. The zero-order chi connectivity index (χ0) is 17.1. The molecule has 0 aromatic carbocycles. The van der Waals surface area contributed by atoms with Crippen molar-refractivity contribution < 1.29 is 9.26 Å². The summed E-state index contributed by atoms with van der Waals surface area (Å²) in [5.74, 6) is 3.46. The molecule has 2 aliphatic rings. The van der Waals surface area contributed by atoms with Gasteiger partial charge in [0.1, 0.15) is 5.82 Å². The smallest absolute Gasteiger partial charge is 0.237 e. The van der Waals surface area contributed by atoms with Gasteiger partial charge in [-0.25, -0.2) is 0 Å². The minimum atomic E-state index is 0.265. The molecule has 4 heterocycles. The van der Waals surface area contributed by atoms with E-state index in [1.165, 1.54) is 0 Å². The summed E-state index contributed by atoms with van der Waals surface area (Å²) in [6.07, 6.45) is 4.73. The highest BCUT2D eigenvalue weighted by Crippen LogP contribution is 2.30. The normalized spacial score (nSPS) is 21.9. The SMILES string of the molecule is Cc1noc(CSc2nnc(C3CCNCC3)n2C[C@H]2CCCO2)n1. The first kappa shape index (κ1) is 17.0. The Hall–Kier alpha value is -1.45. The minimum absolute atomic E-state index is 0.265. The van der Waals surface area contributed by atoms with Crippen molar-refractivity contribution in [1.29, 1.82) is 0 Å². The molecule has 0 radical (unpaired) electrons. The summed E-state index contributed by atoms with van der Waals surface area (Å²) in [5, 5.41) is 17.2. The van der Waals surface area contributed by atoms with E-state index in [4.69, 9.17) is 9.26 Å². The summed E-state index contributed by atoms with van der Waals surface area (Å²) in [7, 11) is 0. The molecule has 2 fully saturated rings. The molecule has 2 aromatic rings. The maximum Gasteiger partial charge on any atom is 0.237 e. The first-order chi connectivity index (χ1) is 12.3. The van der Waals surface area contributed by atoms with E-state index in [1.54, 1.807) is 11.8 Å². The topological polar surface area (TPSA) is 90.9 Å². The fourth-order valence-corrected chi connectivity index (χ4v) is 4.27. The van der Waals surface area contributed by atoms with Crippen LogP contribution in [0.2, 0.25) is 0 Å². The highest BCUT2D eigenvalue weighted by molar-refractivity contribution is 7.98. The summed E-state index contributed by atoms with van der Waals surface area (Å²) in [4.78, 5) is 4.27. The number of rotatable bonds is 6. The van der Waals surface area contributed by atoms with Crippen LogP contribution in [-0.2, 0) is 17.0 Å². The fraction of sp³-hybridized carbons (Fsp3) is 0.750. The lowest BCUT2D eigenvalue weighted by Crippen LogP contribution is -2.29. The van der Waals surface area contributed by atoms with Crippen LogP contribution in [0.1, 0.15) is 49.1 Å². The van der Waals surface area contributed by atoms with Gasteiger partial charge in [-0.05, 0) is 45.7 Å². The monoisotopic (exact) mass is 364 g/mol. The van der Waals surface area contributed by atoms with Gasteiger partial charge in [0.05, 0.1) is 18.4 Å². The third kappa shape index (κ3) is 4.04. The van der Waals surface area contributed by atoms with Gasteiger partial charge in [-0.1, -0.05) is 16.9 Å². The van der Waals surface area contributed by atoms with E-state index in [-0.39, 0.29) is 6.10 Å². The first-order valence-corrected chi connectivity index (χ1v) is 9.95. The Morgan fingerprint density at radius 3 is 2.84 bits per heavy atom. The van der Waals surface area contributed by atoms with E-state index in [2.05, 4.69) is 30.2 Å². The molecule has 1 N–H and O–H groups in total. The zero-order valence-corrected chi connectivity index (χ0v) is 15.3. The van der Waals surface area contributed by atoms with Crippen LogP contribution in [-0.4, -0.2) is 50.7 Å². The van der Waals surface area contributed by atoms with Gasteiger partial charge in [-0.15, -0.1) is 10.2 Å². The molecule has 0 spiro atoms. The zero-order valence-electron chi connectivity index (χ0n) is 14.5. The molecule has 9 heteroatoms. The van der Waals surface area contributed by atoms with E-state index in [0.29, 0.717) is 23.4 Å². The predicted octanol–water partition coefficient (Wildman–Crippen LogP) is 1.91. The van der Waals surface area contributed by atoms with Crippen molar-refractivity contribution in [3.05, 3.63) is 17.5 Å². The predicted molar refractivity (Wildman–Crippen MR) is 92.4 cm³/mol. The molecule has 2 aliphatic heterocycles. The second kappa shape index (κ2) is 7.84. The highest BCUT2D eigenvalue weighted by Gasteiger charge is 2.26. The van der Waals surface area contributed by atoms with Gasteiger partial charge in [0.15, 0.2) is 11.0 Å². The Labute approximate surface area is 151 Å². The summed E-state index contributed by atoms with van der Waals surface area (Å²) in [6.45, 7) is 5.60. The molecule has 0 amide bonds. The van der Waals surface area contributed by atoms with Crippen molar-refractivity contribution in [3.8, 4) is 0 Å². The number of hydrogen-bond acceptors (Lipinski definition) is 8. The first-order valence-electron chi connectivity index (χ1n) is 8.97. The number of aromatic nitrogens is 5. The van der Waals surface area contributed by atoms with Crippen molar-refractivity contribution >= 4 is 11.8 Å².